The smallest absolute Gasteiger partial charge is 0.323 e. The van der Waals surface area contributed by atoms with Gasteiger partial charge in [0.1, 0.15) is 18.2 Å². The molecule has 0 radical (unpaired) electrons. The van der Waals surface area contributed by atoms with Gasteiger partial charge in [0.25, 0.3) is 0 Å². The molecule has 10 heteroatoms. The van der Waals surface area contributed by atoms with E-state index in [1.54, 1.807) is 17.1 Å². The van der Waals surface area contributed by atoms with Crippen LogP contribution >= 0.6 is 0 Å². The van der Waals surface area contributed by atoms with Crippen LogP contribution < -0.4 is 11.5 Å². The number of nitrogens with zero attached hydrogens (tertiary/aromatic N) is 4. The molecule has 4 N–H and O–H groups in total. The molecular weight excluding hydrogens is 592 g/mol. The summed E-state index contributed by atoms with van der Waals surface area (Å²) in [5.41, 5.74) is 11.8. The Morgan fingerprint density at radius 1 is 0.872 bits per heavy atom. The lowest BCUT2D eigenvalue weighted by Crippen LogP contribution is -2.48. The maximum atomic E-state index is 12.9. The number of fused-ring (bicyclic) bond motifs is 1. The summed E-state index contributed by atoms with van der Waals surface area (Å²) < 4.78 is 13.4. The second kappa shape index (κ2) is 23.3. The number of rotatable bonds is 27. The first-order valence-electron chi connectivity index (χ1n) is 18.4. The molecule has 0 aliphatic heterocycles. The maximum absolute atomic E-state index is 12.9. The lowest BCUT2D eigenvalue weighted by Gasteiger charge is -2.33. The van der Waals surface area contributed by atoms with Crippen LogP contribution in [0.2, 0.25) is 0 Å². The van der Waals surface area contributed by atoms with Gasteiger partial charge in [-0.25, -0.2) is 9.97 Å². The standard InChI is InChI=1S/C37H64N6O4/c1-5-7-8-9-10-11-12-13-14-15-16-17-18-19-20-21-22-23-24-25-32(44)46-28-37(6-2,47-35(45)33(38)30(3)4)27-43-29-41-31-26-40-36(39)42-34(31)43/h13-14,26,29-30,33H,5-12,15-25,27-28,38H2,1-4H3,(H2,39,40,42)/t33-,37+/m0/s1. The fourth-order valence-corrected chi connectivity index (χ4v) is 5.57. The van der Waals surface area contributed by atoms with Crippen LogP contribution in [0.4, 0.5) is 5.95 Å². The monoisotopic (exact) mass is 656 g/mol. The van der Waals surface area contributed by atoms with Crippen molar-refractivity contribution in [1.82, 2.24) is 19.5 Å². The number of allylic oxidation sites excluding steroid dienone is 2. The summed E-state index contributed by atoms with van der Waals surface area (Å²) in [6.45, 7) is 7.97. The molecule has 2 heterocycles. The number of carbonyl (C=O) groups excluding carboxylic acids is 2. The normalized spacial score (nSPS) is 13.7. The molecule has 0 saturated carbocycles. The van der Waals surface area contributed by atoms with Crippen LogP contribution in [-0.4, -0.2) is 49.7 Å². The summed E-state index contributed by atoms with van der Waals surface area (Å²) in [4.78, 5) is 38.3. The van der Waals surface area contributed by atoms with Crippen LogP contribution in [0, 0.1) is 5.92 Å². The van der Waals surface area contributed by atoms with E-state index >= 15 is 0 Å². The number of hydrogen-bond acceptors (Lipinski definition) is 9. The van der Waals surface area contributed by atoms with Gasteiger partial charge in [-0.15, -0.1) is 0 Å². The predicted octanol–water partition coefficient (Wildman–Crippen LogP) is 8.22. The molecular formula is C37H64N6O4. The molecule has 0 amide bonds. The first kappa shape index (κ1) is 40.2. The number of hydrogen-bond donors (Lipinski definition) is 2. The number of unbranched alkanes of at least 4 members (excludes halogenated alkanes) is 15. The van der Waals surface area contributed by atoms with Gasteiger partial charge in [-0.3, -0.25) is 9.59 Å². The highest BCUT2D eigenvalue weighted by molar-refractivity contribution is 5.76. The van der Waals surface area contributed by atoms with Crippen molar-refractivity contribution in [2.24, 2.45) is 11.7 Å². The molecule has 266 valence electrons. The molecule has 10 nitrogen and oxygen atoms in total. The third-order valence-corrected chi connectivity index (χ3v) is 8.93. The Bertz CT molecular complexity index is 1180. The third-order valence-electron chi connectivity index (χ3n) is 8.93. The highest BCUT2D eigenvalue weighted by Crippen LogP contribution is 2.24. The van der Waals surface area contributed by atoms with Gasteiger partial charge in [0.2, 0.25) is 5.95 Å². The lowest BCUT2D eigenvalue weighted by molar-refractivity contribution is -0.177. The minimum atomic E-state index is -1.14. The molecule has 2 aromatic heterocycles. The number of carbonyl (C=O) groups is 2. The van der Waals surface area contributed by atoms with Crippen LogP contribution in [0.3, 0.4) is 0 Å². The molecule has 0 aliphatic carbocycles. The number of aromatic nitrogens is 4. The third kappa shape index (κ3) is 16.1. The van der Waals surface area contributed by atoms with Gasteiger partial charge in [-0.2, -0.15) is 4.98 Å². The Hall–Kier alpha value is -3.01. The summed E-state index contributed by atoms with van der Waals surface area (Å²) in [6.07, 6.45) is 29.8. The largest absolute Gasteiger partial charge is 0.461 e. The number of esters is 2. The van der Waals surface area contributed by atoms with E-state index in [2.05, 4.69) is 34.0 Å². The van der Waals surface area contributed by atoms with Crippen LogP contribution in [0.1, 0.15) is 150 Å². The number of nitrogen functional groups attached to an aromatic ring is 1. The molecule has 47 heavy (non-hydrogen) atoms. The van der Waals surface area contributed by atoms with Gasteiger partial charge >= 0.3 is 11.9 Å². The zero-order chi connectivity index (χ0) is 34.3. The highest BCUT2D eigenvalue weighted by atomic mass is 16.6. The van der Waals surface area contributed by atoms with Gasteiger partial charge in [-0.1, -0.05) is 117 Å². The predicted molar refractivity (Wildman–Crippen MR) is 191 cm³/mol. The zero-order valence-corrected chi connectivity index (χ0v) is 29.9. The summed E-state index contributed by atoms with van der Waals surface area (Å²) in [5.74, 6) is -0.820. The van der Waals surface area contributed by atoms with Crippen LogP contribution in [0.15, 0.2) is 24.7 Å². The molecule has 0 bridgehead atoms. The quantitative estimate of drug-likeness (QED) is 0.0551. The average molecular weight is 657 g/mol. The number of anilines is 1. The average Bonchev–Trinajstić information content (AvgIpc) is 3.45. The van der Waals surface area contributed by atoms with Crippen molar-refractivity contribution in [1.29, 1.82) is 0 Å². The number of ether oxygens (including phenoxy) is 2. The minimum Gasteiger partial charge on any atom is -0.461 e. The van der Waals surface area contributed by atoms with Gasteiger partial charge < -0.3 is 25.5 Å². The SMILES string of the molecule is CCCCCCCCC=CCCCCCCCCCCCC(=O)OC[C@@](CC)(Cn1cnc2cnc(N)nc21)OC(=O)[C@@H](N)C(C)C. The van der Waals surface area contributed by atoms with Gasteiger partial charge in [0.05, 0.1) is 19.1 Å². The molecule has 0 unspecified atom stereocenters. The van der Waals surface area contributed by atoms with Gasteiger partial charge in [-0.05, 0) is 44.4 Å². The molecule has 2 atom stereocenters. The molecule has 2 aromatic rings. The fraction of sp³-hybridized carbons (Fsp3) is 0.757. The van der Waals surface area contributed by atoms with Crippen molar-refractivity contribution in [3.8, 4) is 0 Å². The molecule has 0 fully saturated rings. The molecule has 0 spiro atoms. The van der Waals surface area contributed by atoms with E-state index < -0.39 is 17.6 Å². The van der Waals surface area contributed by atoms with Crippen molar-refractivity contribution >= 4 is 29.1 Å². The summed E-state index contributed by atoms with van der Waals surface area (Å²) in [6, 6.07) is -0.796. The van der Waals surface area contributed by atoms with Crippen molar-refractivity contribution in [2.75, 3.05) is 12.3 Å². The fourth-order valence-electron chi connectivity index (χ4n) is 5.57. The Kier molecular flexibility index (Phi) is 19.9. The van der Waals surface area contributed by atoms with E-state index in [0.29, 0.717) is 24.0 Å². The van der Waals surface area contributed by atoms with Gasteiger partial charge in [0.15, 0.2) is 11.2 Å². The van der Waals surface area contributed by atoms with Crippen molar-refractivity contribution < 1.29 is 19.1 Å². The van der Waals surface area contributed by atoms with Crippen LogP contribution in [-0.2, 0) is 25.6 Å². The Morgan fingerprint density at radius 2 is 1.45 bits per heavy atom. The first-order chi connectivity index (χ1) is 22.7. The van der Waals surface area contributed by atoms with Crippen molar-refractivity contribution in [2.45, 2.75) is 168 Å². The van der Waals surface area contributed by atoms with E-state index in [1.165, 1.54) is 89.9 Å². The summed E-state index contributed by atoms with van der Waals surface area (Å²) in [5, 5.41) is 0. The van der Waals surface area contributed by atoms with E-state index in [9.17, 15) is 9.59 Å². The van der Waals surface area contributed by atoms with Crippen LogP contribution in [0.25, 0.3) is 11.2 Å². The van der Waals surface area contributed by atoms with E-state index in [1.807, 2.05) is 20.8 Å². The Labute approximate surface area is 283 Å². The van der Waals surface area contributed by atoms with Crippen molar-refractivity contribution in [3.05, 3.63) is 24.7 Å². The molecule has 0 saturated heterocycles. The van der Waals surface area contributed by atoms with Crippen molar-refractivity contribution in [3.63, 3.8) is 0 Å². The highest BCUT2D eigenvalue weighted by Gasteiger charge is 2.37. The number of nitrogens with two attached hydrogens (primary N) is 2. The molecule has 0 aromatic carbocycles. The minimum absolute atomic E-state index is 0.0892. The molecule has 0 aliphatic rings. The summed E-state index contributed by atoms with van der Waals surface area (Å²) >= 11 is 0. The Balaban J connectivity index is 1.66. The second-order valence-corrected chi connectivity index (χ2v) is 13.4. The van der Waals surface area contributed by atoms with Crippen LogP contribution in [0.5, 0.6) is 0 Å². The lowest BCUT2D eigenvalue weighted by atomic mass is 10.00. The van der Waals surface area contributed by atoms with E-state index in [-0.39, 0.29) is 31.0 Å². The Morgan fingerprint density at radius 3 is 2.02 bits per heavy atom. The first-order valence-corrected chi connectivity index (χ1v) is 18.4. The molecule has 2 rings (SSSR count). The van der Waals surface area contributed by atoms with E-state index in [4.69, 9.17) is 20.9 Å². The van der Waals surface area contributed by atoms with Gasteiger partial charge in [0, 0.05) is 6.42 Å². The topological polar surface area (TPSA) is 148 Å². The number of imidazole rings is 1. The van der Waals surface area contributed by atoms with E-state index in [0.717, 1.165) is 19.3 Å². The summed E-state index contributed by atoms with van der Waals surface area (Å²) in [7, 11) is 0. The zero-order valence-electron chi connectivity index (χ0n) is 29.9. The maximum Gasteiger partial charge on any atom is 0.323 e. The second-order valence-electron chi connectivity index (χ2n) is 13.4.